The number of phenols is 1. The van der Waals surface area contributed by atoms with Crippen molar-refractivity contribution in [3.8, 4) is 5.75 Å². The third-order valence-corrected chi connectivity index (χ3v) is 2.43. The predicted molar refractivity (Wildman–Crippen MR) is 55.5 cm³/mol. The van der Waals surface area contributed by atoms with E-state index in [-0.39, 0.29) is 5.75 Å². The Bertz CT molecular complexity index is 276. The number of halogens is 1. The van der Waals surface area contributed by atoms with Gasteiger partial charge in [-0.3, -0.25) is 0 Å². The number of hydrogen-bond acceptors (Lipinski definition) is 2. The van der Waals surface area contributed by atoms with Crippen molar-refractivity contribution in [2.24, 2.45) is 0 Å². The molecule has 2 N–H and O–H groups in total. The minimum absolute atomic E-state index is 0.276. The summed E-state index contributed by atoms with van der Waals surface area (Å²) in [5.41, 5.74) is 1.80. The van der Waals surface area contributed by atoms with Crippen LogP contribution >= 0.6 is 11.6 Å². The van der Waals surface area contributed by atoms with Gasteiger partial charge in [0.2, 0.25) is 0 Å². The number of hydrogen-bond donors (Lipinski definition) is 2. The molecule has 0 unspecified atom stereocenters. The normalized spacial score (nSPS) is 10.4. The first-order chi connectivity index (χ1) is 6.15. The quantitative estimate of drug-likeness (QED) is 0.782. The zero-order chi connectivity index (χ0) is 9.84. The maximum atomic E-state index is 9.48. The fourth-order valence-electron chi connectivity index (χ4n) is 1.13. The van der Waals surface area contributed by atoms with Gasteiger partial charge in [-0.05, 0) is 44.6 Å². The Labute approximate surface area is 83.5 Å². The van der Waals surface area contributed by atoms with Crippen LogP contribution in [0.2, 0.25) is 5.02 Å². The molecule has 0 amide bonds. The molecule has 0 aliphatic carbocycles. The zero-order valence-corrected chi connectivity index (χ0v) is 8.65. The fraction of sp³-hybridized carbons (Fsp3) is 0.400. The molecule has 1 aromatic carbocycles. The molecule has 0 aliphatic rings. The van der Waals surface area contributed by atoms with Crippen LogP contribution in [0.5, 0.6) is 5.75 Å². The second-order valence-corrected chi connectivity index (χ2v) is 3.48. The SMILES string of the molecule is CNCCc1cc(O)c(C)c(Cl)c1. The van der Waals surface area contributed by atoms with Gasteiger partial charge in [0.05, 0.1) is 0 Å². The number of nitrogens with one attached hydrogen (secondary N) is 1. The Balaban J connectivity index is 2.86. The highest BCUT2D eigenvalue weighted by atomic mass is 35.5. The van der Waals surface area contributed by atoms with Crippen molar-refractivity contribution in [1.29, 1.82) is 0 Å². The molecule has 1 rings (SSSR count). The Morgan fingerprint density at radius 2 is 2.15 bits per heavy atom. The van der Waals surface area contributed by atoms with Crippen molar-refractivity contribution >= 4 is 11.6 Å². The van der Waals surface area contributed by atoms with Gasteiger partial charge in [0.1, 0.15) is 5.75 Å². The molecule has 13 heavy (non-hydrogen) atoms. The highest BCUT2D eigenvalue weighted by Crippen LogP contribution is 2.26. The van der Waals surface area contributed by atoms with Crippen LogP contribution in [0.25, 0.3) is 0 Å². The molecule has 0 heterocycles. The first-order valence-corrected chi connectivity index (χ1v) is 4.65. The number of benzene rings is 1. The molecule has 0 atom stereocenters. The highest BCUT2D eigenvalue weighted by molar-refractivity contribution is 6.31. The monoisotopic (exact) mass is 199 g/mol. The van der Waals surface area contributed by atoms with Crippen LogP contribution in [0.1, 0.15) is 11.1 Å². The average molecular weight is 200 g/mol. The molecule has 1 aromatic rings. The molecule has 0 radical (unpaired) electrons. The van der Waals surface area contributed by atoms with Crippen LogP contribution in [-0.2, 0) is 6.42 Å². The molecule has 72 valence electrons. The van der Waals surface area contributed by atoms with Crippen molar-refractivity contribution in [1.82, 2.24) is 5.32 Å². The topological polar surface area (TPSA) is 32.3 Å². The minimum Gasteiger partial charge on any atom is -0.508 e. The molecule has 3 heteroatoms. The highest BCUT2D eigenvalue weighted by Gasteiger charge is 2.03. The summed E-state index contributed by atoms with van der Waals surface area (Å²) in [7, 11) is 1.90. The number of phenolic OH excluding ortho intramolecular Hbond substituents is 1. The van der Waals surface area contributed by atoms with Gasteiger partial charge in [-0.1, -0.05) is 11.6 Å². The zero-order valence-electron chi connectivity index (χ0n) is 7.89. The van der Waals surface area contributed by atoms with E-state index in [4.69, 9.17) is 11.6 Å². The summed E-state index contributed by atoms with van der Waals surface area (Å²) in [5.74, 6) is 0.276. The third-order valence-electron chi connectivity index (χ3n) is 2.04. The molecular weight excluding hydrogens is 186 g/mol. The number of aromatic hydroxyl groups is 1. The number of likely N-dealkylation sites (N-methyl/N-ethyl adjacent to an activating group) is 1. The van der Waals surface area contributed by atoms with Crippen LogP contribution in [-0.4, -0.2) is 18.7 Å². The molecule has 2 nitrogen and oxygen atoms in total. The molecule has 0 saturated carbocycles. The van der Waals surface area contributed by atoms with E-state index in [1.807, 2.05) is 13.1 Å². The van der Waals surface area contributed by atoms with Crippen molar-refractivity contribution < 1.29 is 5.11 Å². The van der Waals surface area contributed by atoms with Gasteiger partial charge in [0, 0.05) is 10.6 Å². The van der Waals surface area contributed by atoms with Gasteiger partial charge < -0.3 is 10.4 Å². The Morgan fingerprint density at radius 3 is 2.69 bits per heavy atom. The van der Waals surface area contributed by atoms with E-state index in [2.05, 4.69) is 5.32 Å². The summed E-state index contributed by atoms with van der Waals surface area (Å²) in [6.45, 7) is 2.69. The first kappa shape index (κ1) is 10.4. The van der Waals surface area contributed by atoms with E-state index in [1.54, 1.807) is 13.0 Å². The van der Waals surface area contributed by atoms with Crippen LogP contribution in [0.15, 0.2) is 12.1 Å². The molecule has 0 bridgehead atoms. The van der Waals surface area contributed by atoms with Crippen molar-refractivity contribution in [3.05, 3.63) is 28.3 Å². The summed E-state index contributed by atoms with van der Waals surface area (Å²) in [6, 6.07) is 3.66. The summed E-state index contributed by atoms with van der Waals surface area (Å²) < 4.78 is 0. The lowest BCUT2D eigenvalue weighted by molar-refractivity contribution is 0.470. The number of rotatable bonds is 3. The Hall–Kier alpha value is -0.730. The molecule has 0 spiro atoms. The Kier molecular flexibility index (Phi) is 3.58. The summed E-state index contributed by atoms with van der Waals surface area (Å²) in [5, 5.41) is 13.2. The fourth-order valence-corrected chi connectivity index (χ4v) is 1.37. The Morgan fingerprint density at radius 1 is 1.46 bits per heavy atom. The van der Waals surface area contributed by atoms with Gasteiger partial charge in [0.25, 0.3) is 0 Å². The summed E-state index contributed by atoms with van der Waals surface area (Å²) in [4.78, 5) is 0. The maximum absolute atomic E-state index is 9.48. The lowest BCUT2D eigenvalue weighted by Gasteiger charge is -2.06. The van der Waals surface area contributed by atoms with E-state index in [0.29, 0.717) is 5.02 Å². The van der Waals surface area contributed by atoms with E-state index >= 15 is 0 Å². The van der Waals surface area contributed by atoms with E-state index in [9.17, 15) is 5.11 Å². The van der Waals surface area contributed by atoms with Gasteiger partial charge in [-0.25, -0.2) is 0 Å². The second kappa shape index (κ2) is 4.49. The standard InChI is InChI=1S/C10H14ClNO/c1-7-9(11)5-8(3-4-12-2)6-10(7)13/h5-6,12-13H,3-4H2,1-2H3. The second-order valence-electron chi connectivity index (χ2n) is 3.08. The van der Waals surface area contributed by atoms with Crippen molar-refractivity contribution in [2.45, 2.75) is 13.3 Å². The van der Waals surface area contributed by atoms with Crippen LogP contribution in [0, 0.1) is 6.92 Å². The average Bonchev–Trinajstić information content (AvgIpc) is 2.10. The van der Waals surface area contributed by atoms with E-state index < -0.39 is 0 Å². The molecule has 0 aliphatic heterocycles. The van der Waals surface area contributed by atoms with Crippen LogP contribution < -0.4 is 5.32 Å². The van der Waals surface area contributed by atoms with E-state index in [1.165, 1.54) is 0 Å². The first-order valence-electron chi connectivity index (χ1n) is 4.27. The largest absolute Gasteiger partial charge is 0.508 e. The lowest BCUT2D eigenvalue weighted by Crippen LogP contribution is -2.10. The molecule has 0 aromatic heterocycles. The van der Waals surface area contributed by atoms with Gasteiger partial charge in [-0.2, -0.15) is 0 Å². The molecule has 0 saturated heterocycles. The molecular formula is C10H14ClNO. The van der Waals surface area contributed by atoms with Gasteiger partial charge in [0.15, 0.2) is 0 Å². The lowest BCUT2D eigenvalue weighted by atomic mass is 10.1. The van der Waals surface area contributed by atoms with Crippen molar-refractivity contribution in [3.63, 3.8) is 0 Å². The van der Waals surface area contributed by atoms with Gasteiger partial charge >= 0.3 is 0 Å². The minimum atomic E-state index is 0.276. The van der Waals surface area contributed by atoms with Crippen LogP contribution in [0.3, 0.4) is 0 Å². The van der Waals surface area contributed by atoms with E-state index in [0.717, 1.165) is 24.1 Å². The maximum Gasteiger partial charge on any atom is 0.120 e. The summed E-state index contributed by atoms with van der Waals surface area (Å²) >= 11 is 5.92. The van der Waals surface area contributed by atoms with Crippen molar-refractivity contribution in [2.75, 3.05) is 13.6 Å². The smallest absolute Gasteiger partial charge is 0.120 e. The molecule has 0 fully saturated rings. The van der Waals surface area contributed by atoms with Gasteiger partial charge in [-0.15, -0.1) is 0 Å². The third kappa shape index (κ3) is 2.61. The summed E-state index contributed by atoms with van der Waals surface area (Å²) in [6.07, 6.45) is 0.879. The van der Waals surface area contributed by atoms with Crippen LogP contribution in [0.4, 0.5) is 0 Å². The predicted octanol–water partition coefficient (Wildman–Crippen LogP) is 2.12.